The summed E-state index contributed by atoms with van der Waals surface area (Å²) in [6.07, 6.45) is 0. The molecular formula is C15H17N3O2. The van der Waals surface area contributed by atoms with Crippen LogP contribution in [-0.4, -0.2) is 11.1 Å². The van der Waals surface area contributed by atoms with Crippen LogP contribution in [0.4, 0.5) is 16.2 Å². The van der Waals surface area contributed by atoms with Gasteiger partial charge >= 0.3 is 6.03 Å². The predicted octanol–water partition coefficient (Wildman–Crippen LogP) is 2.60. The number of hydrogen-bond donors (Lipinski definition) is 4. The van der Waals surface area contributed by atoms with E-state index in [2.05, 4.69) is 10.6 Å². The Hall–Kier alpha value is -2.69. The first kappa shape index (κ1) is 13.7. The number of rotatable bonds is 3. The van der Waals surface area contributed by atoms with E-state index in [4.69, 9.17) is 5.73 Å². The highest BCUT2D eigenvalue weighted by atomic mass is 16.3. The van der Waals surface area contributed by atoms with Gasteiger partial charge in [0.2, 0.25) is 0 Å². The molecule has 0 fully saturated rings. The molecule has 0 aliphatic carbocycles. The fourth-order valence-corrected chi connectivity index (χ4v) is 1.73. The monoisotopic (exact) mass is 271 g/mol. The lowest BCUT2D eigenvalue weighted by molar-refractivity contribution is 0.251. The van der Waals surface area contributed by atoms with Crippen LogP contribution in [0.1, 0.15) is 11.1 Å². The maximum Gasteiger partial charge on any atom is 0.319 e. The summed E-state index contributed by atoms with van der Waals surface area (Å²) in [5.41, 5.74) is 8.58. The van der Waals surface area contributed by atoms with Gasteiger partial charge in [0, 0.05) is 23.5 Å². The van der Waals surface area contributed by atoms with E-state index >= 15 is 0 Å². The van der Waals surface area contributed by atoms with Gasteiger partial charge in [-0.25, -0.2) is 4.79 Å². The van der Waals surface area contributed by atoms with E-state index in [1.165, 1.54) is 6.07 Å². The molecular weight excluding hydrogens is 254 g/mol. The largest absolute Gasteiger partial charge is 0.508 e. The molecule has 0 bridgehead atoms. The summed E-state index contributed by atoms with van der Waals surface area (Å²) in [5, 5.41) is 15.0. The van der Waals surface area contributed by atoms with E-state index in [-0.39, 0.29) is 18.3 Å². The third kappa shape index (κ3) is 3.65. The van der Waals surface area contributed by atoms with Gasteiger partial charge in [-0.3, -0.25) is 0 Å². The Morgan fingerprint density at radius 2 is 1.90 bits per heavy atom. The van der Waals surface area contributed by atoms with Gasteiger partial charge in [0.1, 0.15) is 5.75 Å². The lowest BCUT2D eigenvalue weighted by Gasteiger charge is -2.09. The van der Waals surface area contributed by atoms with Crippen LogP contribution in [-0.2, 0) is 6.54 Å². The topological polar surface area (TPSA) is 87.4 Å². The van der Waals surface area contributed by atoms with Crippen molar-refractivity contribution in [1.29, 1.82) is 0 Å². The highest BCUT2D eigenvalue weighted by Crippen LogP contribution is 2.19. The molecule has 5 heteroatoms. The van der Waals surface area contributed by atoms with Gasteiger partial charge in [0.25, 0.3) is 0 Å². The second kappa shape index (κ2) is 5.97. The molecule has 2 rings (SSSR count). The zero-order valence-corrected chi connectivity index (χ0v) is 11.2. The molecule has 0 aliphatic rings. The number of carbonyl (C=O) groups is 1. The van der Waals surface area contributed by atoms with Crippen LogP contribution < -0.4 is 16.4 Å². The Morgan fingerprint density at radius 3 is 2.60 bits per heavy atom. The second-order valence-electron chi connectivity index (χ2n) is 4.56. The Morgan fingerprint density at radius 1 is 1.20 bits per heavy atom. The maximum atomic E-state index is 11.7. The summed E-state index contributed by atoms with van der Waals surface area (Å²) in [6, 6.07) is 11.9. The van der Waals surface area contributed by atoms with Gasteiger partial charge in [0.15, 0.2) is 0 Å². The number of hydrogen-bond acceptors (Lipinski definition) is 3. The molecule has 0 unspecified atom stereocenters. The third-order valence-corrected chi connectivity index (χ3v) is 2.85. The Labute approximate surface area is 117 Å². The number of carbonyl (C=O) groups excluding carboxylic acids is 1. The molecule has 0 saturated carbocycles. The second-order valence-corrected chi connectivity index (χ2v) is 4.56. The molecule has 0 atom stereocenters. The van der Waals surface area contributed by atoms with Gasteiger partial charge in [0.05, 0.1) is 0 Å². The van der Waals surface area contributed by atoms with Crippen molar-refractivity contribution in [2.75, 3.05) is 11.1 Å². The van der Waals surface area contributed by atoms with Crippen molar-refractivity contribution in [3.05, 3.63) is 53.6 Å². The fraction of sp³-hybridized carbons (Fsp3) is 0.133. The van der Waals surface area contributed by atoms with Gasteiger partial charge in [-0.1, -0.05) is 17.7 Å². The Bertz CT molecular complexity index is 609. The van der Waals surface area contributed by atoms with Crippen LogP contribution in [0.15, 0.2) is 42.5 Å². The molecule has 0 saturated heterocycles. The summed E-state index contributed by atoms with van der Waals surface area (Å²) in [5.74, 6) is 0.106. The number of nitrogens with two attached hydrogens (primary N) is 1. The number of aromatic hydroxyl groups is 1. The standard InChI is InChI=1S/C15H17N3O2/c1-10-2-5-13(6-3-10)18-15(20)17-9-11-8-12(16)4-7-14(11)19/h2-8,19H,9,16H2,1H3,(H2,17,18,20). The average Bonchev–Trinajstić information content (AvgIpc) is 2.42. The van der Waals surface area contributed by atoms with Crippen LogP contribution in [0, 0.1) is 6.92 Å². The number of nitrogen functional groups attached to an aromatic ring is 1. The van der Waals surface area contributed by atoms with Crippen molar-refractivity contribution in [2.24, 2.45) is 0 Å². The molecule has 0 radical (unpaired) electrons. The molecule has 5 nitrogen and oxygen atoms in total. The van der Waals surface area contributed by atoms with Crippen molar-refractivity contribution in [3.63, 3.8) is 0 Å². The van der Waals surface area contributed by atoms with E-state index in [0.717, 1.165) is 5.56 Å². The molecule has 2 amide bonds. The Kier molecular flexibility index (Phi) is 4.10. The molecule has 0 aromatic heterocycles. The first-order chi connectivity index (χ1) is 9.54. The summed E-state index contributed by atoms with van der Waals surface area (Å²) in [7, 11) is 0. The number of phenolic OH excluding ortho intramolecular Hbond substituents is 1. The fourth-order valence-electron chi connectivity index (χ4n) is 1.73. The first-order valence-corrected chi connectivity index (χ1v) is 6.23. The highest BCUT2D eigenvalue weighted by Gasteiger charge is 2.05. The summed E-state index contributed by atoms with van der Waals surface area (Å²) in [4.78, 5) is 11.7. The number of anilines is 2. The van der Waals surface area contributed by atoms with Crippen molar-refractivity contribution in [3.8, 4) is 5.75 Å². The van der Waals surface area contributed by atoms with Crippen molar-refractivity contribution in [1.82, 2.24) is 5.32 Å². The van der Waals surface area contributed by atoms with Crippen LogP contribution in [0.2, 0.25) is 0 Å². The number of amides is 2. The minimum absolute atomic E-state index is 0.106. The van der Waals surface area contributed by atoms with Gasteiger partial charge in [-0.05, 0) is 37.3 Å². The molecule has 0 aliphatic heterocycles. The van der Waals surface area contributed by atoms with Gasteiger partial charge < -0.3 is 21.5 Å². The van der Waals surface area contributed by atoms with E-state index in [0.29, 0.717) is 16.9 Å². The van der Waals surface area contributed by atoms with Crippen molar-refractivity contribution in [2.45, 2.75) is 13.5 Å². The molecule has 5 N–H and O–H groups in total. The summed E-state index contributed by atoms with van der Waals surface area (Å²) < 4.78 is 0. The van der Waals surface area contributed by atoms with Crippen LogP contribution in [0.25, 0.3) is 0 Å². The molecule has 0 spiro atoms. The molecule has 2 aromatic rings. The minimum Gasteiger partial charge on any atom is -0.508 e. The van der Waals surface area contributed by atoms with Gasteiger partial charge in [-0.2, -0.15) is 0 Å². The highest BCUT2D eigenvalue weighted by molar-refractivity contribution is 5.89. The zero-order chi connectivity index (χ0) is 14.5. The Balaban J connectivity index is 1.92. The summed E-state index contributed by atoms with van der Waals surface area (Å²) in [6.45, 7) is 2.18. The van der Waals surface area contributed by atoms with Crippen LogP contribution in [0.5, 0.6) is 5.75 Å². The first-order valence-electron chi connectivity index (χ1n) is 6.23. The smallest absolute Gasteiger partial charge is 0.319 e. The van der Waals surface area contributed by atoms with E-state index in [1.54, 1.807) is 12.1 Å². The number of urea groups is 1. The normalized spacial score (nSPS) is 10.1. The predicted molar refractivity (Wildman–Crippen MR) is 79.6 cm³/mol. The van der Waals surface area contributed by atoms with E-state index in [9.17, 15) is 9.90 Å². The number of benzene rings is 2. The molecule has 0 heterocycles. The third-order valence-electron chi connectivity index (χ3n) is 2.85. The lowest BCUT2D eigenvalue weighted by Crippen LogP contribution is -2.28. The maximum absolute atomic E-state index is 11.7. The number of aryl methyl sites for hydroxylation is 1. The number of nitrogens with one attached hydrogen (secondary N) is 2. The van der Waals surface area contributed by atoms with E-state index < -0.39 is 0 Å². The SMILES string of the molecule is Cc1ccc(NC(=O)NCc2cc(N)ccc2O)cc1. The van der Waals surface area contributed by atoms with Crippen LogP contribution in [0.3, 0.4) is 0 Å². The van der Waals surface area contributed by atoms with E-state index in [1.807, 2.05) is 31.2 Å². The average molecular weight is 271 g/mol. The van der Waals surface area contributed by atoms with Crippen molar-refractivity contribution >= 4 is 17.4 Å². The van der Waals surface area contributed by atoms with Crippen LogP contribution >= 0.6 is 0 Å². The molecule has 20 heavy (non-hydrogen) atoms. The lowest BCUT2D eigenvalue weighted by atomic mass is 10.2. The summed E-state index contributed by atoms with van der Waals surface area (Å²) >= 11 is 0. The molecule has 2 aromatic carbocycles. The molecule has 104 valence electrons. The number of phenols is 1. The van der Waals surface area contributed by atoms with Gasteiger partial charge in [-0.15, -0.1) is 0 Å². The van der Waals surface area contributed by atoms with Crippen molar-refractivity contribution < 1.29 is 9.90 Å². The zero-order valence-electron chi connectivity index (χ0n) is 11.2. The minimum atomic E-state index is -0.337. The quantitative estimate of drug-likeness (QED) is 0.511.